The van der Waals surface area contributed by atoms with Crippen LogP contribution in [0.1, 0.15) is 22.3 Å². The fourth-order valence-corrected chi connectivity index (χ4v) is 4.30. The Labute approximate surface area is 165 Å². The zero-order valence-corrected chi connectivity index (χ0v) is 18.3. The van der Waals surface area contributed by atoms with Gasteiger partial charge in [-0.15, -0.1) is 0 Å². The molecule has 0 atom stereocenters. The normalized spacial score (nSPS) is 12.2. The Hall–Kier alpha value is -1.86. The predicted molar refractivity (Wildman–Crippen MR) is 107 cm³/mol. The first-order chi connectivity index (χ1) is 13.0. The Morgan fingerprint density at radius 3 is 2.11 bits per heavy atom. The number of rotatable bonds is 8. The van der Waals surface area contributed by atoms with Gasteiger partial charge in [-0.25, -0.2) is 8.42 Å². The Morgan fingerprint density at radius 2 is 1.61 bits per heavy atom. The number of ether oxygens (including phenoxy) is 1. The lowest BCUT2D eigenvalue weighted by atomic mass is 9.96. The molecule has 0 aliphatic rings. The average molecular weight is 428 g/mol. The molecule has 0 aliphatic carbocycles. The molecule has 0 aliphatic heterocycles. The van der Waals surface area contributed by atoms with Crippen LogP contribution in [-0.4, -0.2) is 40.3 Å². The number of sulfone groups is 1. The van der Waals surface area contributed by atoms with E-state index in [0.717, 1.165) is 28.5 Å². The molecule has 1 N–H and O–H groups in total. The molecule has 0 unspecified atom stereocenters. The Kier molecular flexibility index (Phi) is 6.93. The van der Waals surface area contributed by atoms with Crippen LogP contribution in [-0.2, 0) is 29.9 Å². The van der Waals surface area contributed by atoms with Crippen molar-refractivity contribution in [3.63, 3.8) is 0 Å². The first kappa shape index (κ1) is 22.4. The molecule has 2 aromatic rings. The number of aromatic hydroxyl groups is 1. The number of phenolic OH excluding ortho intramolecular Hbond substituents is 1. The molecule has 9 heteroatoms. The van der Waals surface area contributed by atoms with Crippen LogP contribution in [0.2, 0.25) is 0 Å². The average Bonchev–Trinajstić information content (AvgIpc) is 2.63. The highest BCUT2D eigenvalue weighted by Crippen LogP contribution is 2.46. The van der Waals surface area contributed by atoms with Crippen LogP contribution in [0.3, 0.4) is 0 Å². The monoisotopic (exact) mass is 428 g/mol. The van der Waals surface area contributed by atoms with Crippen LogP contribution in [0.4, 0.5) is 0 Å². The molecule has 0 radical (unpaired) electrons. The third-order valence-corrected chi connectivity index (χ3v) is 7.10. The smallest absolute Gasteiger partial charge is 0.367 e. The molecule has 0 fully saturated rings. The van der Waals surface area contributed by atoms with E-state index in [9.17, 15) is 18.1 Å². The second-order valence-corrected chi connectivity index (χ2v) is 10.7. The van der Waals surface area contributed by atoms with Crippen LogP contribution in [0.15, 0.2) is 35.2 Å². The third-order valence-electron chi connectivity index (χ3n) is 4.42. The minimum Gasteiger partial charge on any atom is -0.507 e. The van der Waals surface area contributed by atoms with Gasteiger partial charge in [-0.2, -0.15) is 0 Å². The number of benzene rings is 2. The van der Waals surface area contributed by atoms with Gasteiger partial charge in [0, 0.05) is 20.5 Å². The van der Waals surface area contributed by atoms with Crippen molar-refractivity contribution in [2.45, 2.75) is 25.2 Å². The van der Waals surface area contributed by atoms with Crippen LogP contribution in [0, 0.1) is 13.8 Å². The molecule has 2 aromatic carbocycles. The van der Waals surface area contributed by atoms with E-state index in [1.54, 1.807) is 6.07 Å². The Bertz CT molecular complexity index is 984. The molecule has 7 nitrogen and oxygen atoms in total. The summed E-state index contributed by atoms with van der Waals surface area (Å²) in [6.07, 6.45) is 1.36. The predicted octanol–water partition coefficient (Wildman–Crippen LogP) is 3.83. The maximum absolute atomic E-state index is 12.1. The van der Waals surface area contributed by atoms with Gasteiger partial charge in [-0.3, -0.25) is 4.57 Å². The summed E-state index contributed by atoms with van der Waals surface area (Å²) in [5, 5.41) is 9.81. The standard InChI is InChI=1S/C19H25O7PS/c1-13-8-16(26-12-27(21,24-3)25-4)9-14(2)17(13)10-15-6-7-18(20)19(11-15)28(5,22)23/h6-9,11,20H,10,12H2,1-5H3. The van der Waals surface area contributed by atoms with Crippen molar-refractivity contribution in [2.75, 3.05) is 26.8 Å². The minimum absolute atomic E-state index is 0.0878. The maximum atomic E-state index is 12.1. The van der Waals surface area contributed by atoms with Crippen molar-refractivity contribution in [1.82, 2.24) is 0 Å². The summed E-state index contributed by atoms with van der Waals surface area (Å²) < 4.78 is 51.0. The number of hydrogen-bond donors (Lipinski definition) is 1. The summed E-state index contributed by atoms with van der Waals surface area (Å²) in [6.45, 7) is 3.83. The summed E-state index contributed by atoms with van der Waals surface area (Å²) in [5.41, 5.74) is 3.66. The van der Waals surface area contributed by atoms with E-state index in [1.165, 1.54) is 26.4 Å². The zero-order chi connectivity index (χ0) is 21.1. The highest BCUT2D eigenvalue weighted by molar-refractivity contribution is 7.90. The van der Waals surface area contributed by atoms with Crippen molar-refractivity contribution in [2.24, 2.45) is 0 Å². The molecule has 0 spiro atoms. The molecule has 0 saturated heterocycles. The van der Waals surface area contributed by atoms with Crippen molar-refractivity contribution in [3.8, 4) is 11.5 Å². The van der Waals surface area contributed by atoms with Gasteiger partial charge < -0.3 is 18.9 Å². The Morgan fingerprint density at radius 1 is 1.04 bits per heavy atom. The Balaban J connectivity index is 2.28. The first-order valence-corrected chi connectivity index (χ1v) is 12.1. The van der Waals surface area contributed by atoms with Crippen molar-refractivity contribution in [1.29, 1.82) is 0 Å². The molecular formula is C19H25O7PS. The van der Waals surface area contributed by atoms with Gasteiger partial charge in [0.15, 0.2) is 16.2 Å². The third kappa shape index (κ3) is 5.35. The second-order valence-electron chi connectivity index (χ2n) is 6.54. The van der Waals surface area contributed by atoms with Crippen LogP contribution < -0.4 is 4.74 Å². The van der Waals surface area contributed by atoms with Crippen molar-refractivity contribution in [3.05, 3.63) is 52.6 Å². The molecule has 0 aromatic heterocycles. The van der Waals surface area contributed by atoms with E-state index in [4.69, 9.17) is 13.8 Å². The van der Waals surface area contributed by atoms with Gasteiger partial charge in [0.05, 0.1) is 0 Å². The van der Waals surface area contributed by atoms with Crippen molar-refractivity contribution < 1.29 is 31.9 Å². The minimum atomic E-state index is -3.52. The molecule has 2 rings (SSSR count). The van der Waals surface area contributed by atoms with Crippen molar-refractivity contribution >= 4 is 17.4 Å². The molecule has 0 saturated carbocycles. The van der Waals surface area contributed by atoms with E-state index < -0.39 is 17.4 Å². The summed E-state index contributed by atoms with van der Waals surface area (Å²) >= 11 is 0. The fraction of sp³-hybridized carbons (Fsp3) is 0.368. The molecule has 0 amide bonds. The second kappa shape index (κ2) is 8.66. The van der Waals surface area contributed by atoms with E-state index in [2.05, 4.69) is 0 Å². The summed E-state index contributed by atoms with van der Waals surface area (Å²) in [5.74, 6) is 0.278. The lowest BCUT2D eigenvalue weighted by Gasteiger charge is -2.17. The lowest BCUT2D eigenvalue weighted by Crippen LogP contribution is -2.04. The SMILES string of the molecule is COP(=O)(COc1cc(C)c(Cc2ccc(O)c(S(C)(=O)=O)c2)c(C)c1)OC. The fourth-order valence-electron chi connectivity index (χ4n) is 2.82. The topological polar surface area (TPSA) is 99.1 Å². The van der Waals surface area contributed by atoms with E-state index in [1.807, 2.05) is 26.0 Å². The zero-order valence-electron chi connectivity index (χ0n) is 16.6. The quantitative estimate of drug-likeness (QED) is 0.638. The summed E-state index contributed by atoms with van der Waals surface area (Å²) in [6, 6.07) is 8.20. The van der Waals surface area contributed by atoms with Gasteiger partial charge >= 0.3 is 7.60 Å². The van der Waals surface area contributed by atoms with E-state index in [-0.39, 0.29) is 17.0 Å². The highest BCUT2D eigenvalue weighted by Gasteiger charge is 2.22. The molecule has 28 heavy (non-hydrogen) atoms. The van der Waals surface area contributed by atoms with Gasteiger partial charge in [0.1, 0.15) is 16.4 Å². The first-order valence-electron chi connectivity index (χ1n) is 8.44. The van der Waals surface area contributed by atoms with Crippen LogP contribution >= 0.6 is 7.60 Å². The number of hydrogen-bond acceptors (Lipinski definition) is 7. The number of phenols is 1. The molecule has 0 bridgehead atoms. The van der Waals surface area contributed by atoms with Gasteiger partial charge in [0.2, 0.25) is 0 Å². The number of aryl methyl sites for hydroxylation is 2. The molecule has 154 valence electrons. The summed E-state index contributed by atoms with van der Waals surface area (Å²) in [4.78, 5) is -0.0878. The highest BCUT2D eigenvalue weighted by atomic mass is 32.2. The van der Waals surface area contributed by atoms with Gasteiger partial charge in [0.25, 0.3) is 0 Å². The van der Waals surface area contributed by atoms with Crippen LogP contribution in [0.25, 0.3) is 0 Å². The molecule has 0 heterocycles. The summed E-state index contributed by atoms with van der Waals surface area (Å²) in [7, 11) is -4.19. The maximum Gasteiger partial charge on any atom is 0.367 e. The lowest BCUT2D eigenvalue weighted by molar-refractivity contribution is 0.240. The largest absolute Gasteiger partial charge is 0.507 e. The van der Waals surface area contributed by atoms with E-state index >= 15 is 0 Å². The molecular weight excluding hydrogens is 403 g/mol. The van der Waals surface area contributed by atoms with Crippen LogP contribution in [0.5, 0.6) is 11.5 Å². The van der Waals surface area contributed by atoms with E-state index in [0.29, 0.717) is 12.2 Å². The van der Waals surface area contributed by atoms with Gasteiger partial charge in [-0.05, 0) is 66.8 Å². The van der Waals surface area contributed by atoms with Gasteiger partial charge in [-0.1, -0.05) is 6.07 Å².